The van der Waals surface area contributed by atoms with E-state index >= 15 is 0 Å². The minimum Gasteiger partial charge on any atom is -0.462 e. The Kier molecular flexibility index (Phi) is 8.86. The van der Waals surface area contributed by atoms with Gasteiger partial charge in [0.15, 0.2) is 6.29 Å². The molecule has 0 aromatic rings. The molecule has 0 N–H and O–H groups in total. The van der Waals surface area contributed by atoms with E-state index in [1.807, 2.05) is 0 Å². The van der Waals surface area contributed by atoms with E-state index in [-0.39, 0.29) is 25.6 Å². The lowest BCUT2D eigenvalue weighted by molar-refractivity contribution is -0.153. The third kappa shape index (κ3) is 7.81. The minimum absolute atomic E-state index is 0.0232. The predicted octanol–water partition coefficient (Wildman–Crippen LogP) is 1.05. The maximum absolute atomic E-state index is 11.3. The lowest BCUT2D eigenvalue weighted by atomic mass is 10.3. The molecule has 0 saturated carbocycles. The monoisotopic (exact) mass is 260 g/mol. The summed E-state index contributed by atoms with van der Waals surface area (Å²) in [5.74, 6) is -0.884. The van der Waals surface area contributed by atoms with Gasteiger partial charge in [-0.3, -0.25) is 4.79 Å². The van der Waals surface area contributed by atoms with Crippen molar-refractivity contribution in [2.45, 2.75) is 26.1 Å². The van der Waals surface area contributed by atoms with Crippen molar-refractivity contribution in [2.75, 3.05) is 27.4 Å². The van der Waals surface area contributed by atoms with Crippen LogP contribution in [-0.4, -0.2) is 45.7 Å². The molecule has 0 rings (SSSR count). The summed E-state index contributed by atoms with van der Waals surface area (Å²) in [5.41, 5.74) is 0.310. The van der Waals surface area contributed by atoms with Gasteiger partial charge in [-0.2, -0.15) is 0 Å². The molecule has 0 atom stereocenters. The van der Waals surface area contributed by atoms with Crippen molar-refractivity contribution in [3.8, 4) is 0 Å². The summed E-state index contributed by atoms with van der Waals surface area (Å²) in [4.78, 5) is 22.3. The highest BCUT2D eigenvalue weighted by molar-refractivity contribution is 5.86. The highest BCUT2D eigenvalue weighted by Gasteiger charge is 2.10. The number of hydrogen-bond donors (Lipinski definition) is 0. The molecule has 0 aliphatic heterocycles. The second-order valence-corrected chi connectivity index (χ2v) is 3.58. The molecule has 0 aromatic heterocycles. The SMILES string of the molecule is C=C(C)C(=O)OCCOC(=O)CCC(OC)OC. The fraction of sp³-hybridized carbons (Fsp3) is 0.667. The number of carbonyl (C=O) groups is 2. The van der Waals surface area contributed by atoms with Gasteiger partial charge in [-0.25, -0.2) is 4.79 Å². The van der Waals surface area contributed by atoms with Gasteiger partial charge in [-0.05, 0) is 6.92 Å². The molecule has 0 amide bonds. The number of rotatable bonds is 9. The van der Waals surface area contributed by atoms with E-state index < -0.39 is 12.3 Å². The molecule has 0 unspecified atom stereocenters. The van der Waals surface area contributed by atoms with Gasteiger partial charge in [0.05, 0.1) is 6.42 Å². The van der Waals surface area contributed by atoms with E-state index in [4.69, 9.17) is 18.9 Å². The molecule has 0 aromatic carbocycles. The standard InChI is InChI=1S/C12H20O6/c1-9(2)12(14)18-8-7-17-10(13)5-6-11(15-3)16-4/h11H,1,5-8H2,2-4H3. The Morgan fingerprint density at radius 1 is 1.11 bits per heavy atom. The van der Waals surface area contributed by atoms with Gasteiger partial charge in [0.25, 0.3) is 0 Å². The van der Waals surface area contributed by atoms with Gasteiger partial charge in [0, 0.05) is 26.2 Å². The average molecular weight is 260 g/mol. The fourth-order valence-electron chi connectivity index (χ4n) is 1.05. The normalized spacial score (nSPS) is 10.2. The van der Waals surface area contributed by atoms with Crippen molar-refractivity contribution in [3.05, 3.63) is 12.2 Å². The molecule has 0 spiro atoms. The third-order valence-electron chi connectivity index (χ3n) is 2.04. The summed E-state index contributed by atoms with van der Waals surface area (Å²) in [7, 11) is 2.99. The first-order valence-corrected chi connectivity index (χ1v) is 5.55. The topological polar surface area (TPSA) is 71.1 Å². The average Bonchev–Trinajstić information content (AvgIpc) is 2.35. The number of methoxy groups -OCH3 is 2. The third-order valence-corrected chi connectivity index (χ3v) is 2.04. The molecule has 6 nitrogen and oxygen atoms in total. The summed E-state index contributed by atoms with van der Waals surface area (Å²) >= 11 is 0. The van der Waals surface area contributed by atoms with Crippen LogP contribution in [0.1, 0.15) is 19.8 Å². The number of ether oxygens (including phenoxy) is 4. The van der Waals surface area contributed by atoms with Crippen LogP contribution >= 0.6 is 0 Å². The summed E-state index contributed by atoms with van der Waals surface area (Å²) < 4.78 is 19.5. The van der Waals surface area contributed by atoms with Gasteiger partial charge < -0.3 is 18.9 Å². The van der Waals surface area contributed by atoms with Crippen LogP contribution in [0.15, 0.2) is 12.2 Å². The van der Waals surface area contributed by atoms with E-state index in [9.17, 15) is 9.59 Å². The van der Waals surface area contributed by atoms with Crippen LogP contribution in [-0.2, 0) is 28.5 Å². The molecule has 104 valence electrons. The first kappa shape index (κ1) is 16.6. The largest absolute Gasteiger partial charge is 0.462 e. The molecule has 0 saturated heterocycles. The van der Waals surface area contributed by atoms with E-state index in [0.717, 1.165) is 0 Å². The van der Waals surface area contributed by atoms with Crippen LogP contribution in [0.4, 0.5) is 0 Å². The van der Waals surface area contributed by atoms with E-state index in [2.05, 4.69) is 6.58 Å². The van der Waals surface area contributed by atoms with Crippen molar-refractivity contribution in [1.82, 2.24) is 0 Å². The zero-order chi connectivity index (χ0) is 14.0. The summed E-state index contributed by atoms with van der Waals surface area (Å²) in [6.07, 6.45) is 0.178. The lowest BCUT2D eigenvalue weighted by Crippen LogP contribution is -2.17. The predicted molar refractivity (Wildman–Crippen MR) is 63.8 cm³/mol. The Balaban J connectivity index is 3.59. The second-order valence-electron chi connectivity index (χ2n) is 3.58. The zero-order valence-corrected chi connectivity index (χ0v) is 11.1. The summed E-state index contributed by atoms with van der Waals surface area (Å²) in [5, 5.41) is 0. The smallest absolute Gasteiger partial charge is 0.333 e. The van der Waals surface area contributed by atoms with Crippen molar-refractivity contribution < 1.29 is 28.5 Å². The second kappa shape index (κ2) is 9.61. The maximum atomic E-state index is 11.3. The van der Waals surface area contributed by atoms with Gasteiger partial charge in [0.2, 0.25) is 0 Å². The van der Waals surface area contributed by atoms with Gasteiger partial charge in [-0.1, -0.05) is 6.58 Å². The summed E-state index contributed by atoms with van der Waals surface area (Å²) in [6, 6.07) is 0. The molecule has 0 radical (unpaired) electrons. The number of carbonyl (C=O) groups excluding carboxylic acids is 2. The van der Waals surface area contributed by atoms with Crippen molar-refractivity contribution >= 4 is 11.9 Å². The van der Waals surface area contributed by atoms with E-state index in [1.54, 1.807) is 6.92 Å². The first-order valence-electron chi connectivity index (χ1n) is 5.55. The van der Waals surface area contributed by atoms with E-state index in [1.165, 1.54) is 14.2 Å². The van der Waals surface area contributed by atoms with Crippen LogP contribution in [0.2, 0.25) is 0 Å². The molecular weight excluding hydrogens is 240 g/mol. The highest BCUT2D eigenvalue weighted by Crippen LogP contribution is 2.03. The van der Waals surface area contributed by atoms with Crippen LogP contribution < -0.4 is 0 Å². The van der Waals surface area contributed by atoms with Crippen LogP contribution in [0.25, 0.3) is 0 Å². The Hall–Kier alpha value is -1.40. The molecule has 18 heavy (non-hydrogen) atoms. The minimum atomic E-state index is -0.495. The van der Waals surface area contributed by atoms with Crippen molar-refractivity contribution in [3.63, 3.8) is 0 Å². The Morgan fingerprint density at radius 2 is 1.67 bits per heavy atom. The highest BCUT2D eigenvalue weighted by atomic mass is 16.7. The number of esters is 2. The van der Waals surface area contributed by atoms with E-state index in [0.29, 0.717) is 12.0 Å². The lowest BCUT2D eigenvalue weighted by Gasteiger charge is -2.12. The molecular formula is C12H20O6. The van der Waals surface area contributed by atoms with Crippen molar-refractivity contribution in [1.29, 1.82) is 0 Å². The molecule has 0 heterocycles. The van der Waals surface area contributed by atoms with Gasteiger partial charge in [-0.15, -0.1) is 0 Å². The quantitative estimate of drug-likeness (QED) is 0.267. The van der Waals surface area contributed by atoms with Crippen LogP contribution in [0, 0.1) is 0 Å². The fourth-order valence-corrected chi connectivity index (χ4v) is 1.05. The zero-order valence-electron chi connectivity index (χ0n) is 11.1. The Morgan fingerprint density at radius 3 is 2.17 bits per heavy atom. The first-order chi connectivity index (χ1) is 8.51. The molecule has 0 bridgehead atoms. The Labute approximate surface area is 107 Å². The summed E-state index contributed by atoms with van der Waals surface area (Å²) in [6.45, 7) is 5.03. The molecule has 0 fully saturated rings. The molecule has 6 heteroatoms. The van der Waals surface area contributed by atoms with Gasteiger partial charge >= 0.3 is 11.9 Å². The maximum Gasteiger partial charge on any atom is 0.333 e. The molecule has 0 aliphatic rings. The molecule has 0 aliphatic carbocycles. The van der Waals surface area contributed by atoms with Crippen LogP contribution in [0.5, 0.6) is 0 Å². The van der Waals surface area contributed by atoms with Crippen LogP contribution in [0.3, 0.4) is 0 Å². The number of hydrogen-bond acceptors (Lipinski definition) is 6. The van der Waals surface area contributed by atoms with Crippen molar-refractivity contribution in [2.24, 2.45) is 0 Å². The Bertz CT molecular complexity index is 282. The van der Waals surface area contributed by atoms with Gasteiger partial charge in [0.1, 0.15) is 13.2 Å².